The van der Waals surface area contributed by atoms with E-state index in [0.717, 1.165) is 39.1 Å². The van der Waals surface area contributed by atoms with Gasteiger partial charge in [0.2, 0.25) is 0 Å². The Bertz CT molecular complexity index is 223. The Labute approximate surface area is 106 Å². The molecule has 0 bridgehead atoms. The van der Waals surface area contributed by atoms with Gasteiger partial charge in [0.05, 0.1) is 6.10 Å². The van der Waals surface area contributed by atoms with Crippen LogP contribution in [0.3, 0.4) is 0 Å². The summed E-state index contributed by atoms with van der Waals surface area (Å²) in [5, 5.41) is 0. The van der Waals surface area contributed by atoms with Crippen LogP contribution in [0.25, 0.3) is 0 Å². The molecule has 1 aliphatic rings. The summed E-state index contributed by atoms with van der Waals surface area (Å²) < 4.78 is 5.64. The van der Waals surface area contributed by atoms with Crippen LogP contribution in [-0.2, 0) is 4.74 Å². The van der Waals surface area contributed by atoms with Crippen molar-refractivity contribution in [3.05, 3.63) is 0 Å². The van der Waals surface area contributed by atoms with Crippen molar-refractivity contribution in [2.45, 2.75) is 37.8 Å². The first-order chi connectivity index (χ1) is 8.00. The second kappa shape index (κ2) is 6.69. The van der Waals surface area contributed by atoms with E-state index < -0.39 is 0 Å². The summed E-state index contributed by atoms with van der Waals surface area (Å²) in [5.41, 5.74) is 6.18. The fourth-order valence-electron chi connectivity index (χ4n) is 2.70. The number of likely N-dealkylation sites (N-methyl/N-ethyl adjacent to an activating group) is 1. The predicted molar refractivity (Wildman–Crippen MR) is 72.2 cm³/mol. The summed E-state index contributed by atoms with van der Waals surface area (Å²) in [5.74, 6) is 0. The lowest BCUT2D eigenvalue weighted by molar-refractivity contribution is -0.0563. The number of rotatable bonds is 6. The first-order valence-corrected chi connectivity index (χ1v) is 6.68. The molecule has 1 saturated heterocycles. The van der Waals surface area contributed by atoms with Crippen molar-refractivity contribution in [3.63, 3.8) is 0 Å². The van der Waals surface area contributed by atoms with Crippen molar-refractivity contribution in [2.75, 3.05) is 47.4 Å². The number of hydrogen-bond donors (Lipinski definition) is 1. The van der Waals surface area contributed by atoms with Gasteiger partial charge in [-0.05, 0) is 60.4 Å². The van der Waals surface area contributed by atoms with Crippen LogP contribution in [0.15, 0.2) is 0 Å². The number of nitrogens with two attached hydrogens (primary N) is 1. The minimum atomic E-state index is 0.157. The van der Waals surface area contributed by atoms with E-state index >= 15 is 0 Å². The highest BCUT2D eigenvalue weighted by Gasteiger charge is 2.37. The Kier molecular flexibility index (Phi) is 5.86. The zero-order valence-corrected chi connectivity index (χ0v) is 11.9. The van der Waals surface area contributed by atoms with Gasteiger partial charge >= 0.3 is 0 Å². The van der Waals surface area contributed by atoms with Gasteiger partial charge in [-0.3, -0.25) is 4.90 Å². The third kappa shape index (κ3) is 4.21. The standard InChI is InChI=1S/C13H29N3O/c1-12-10-13(11-14,6-9-17-12)16(4)8-5-7-15(2)3/h12H,5-11,14H2,1-4H3. The molecule has 0 amide bonds. The Hall–Kier alpha value is -0.160. The fraction of sp³-hybridized carbons (Fsp3) is 1.00. The molecule has 0 radical (unpaired) electrons. The van der Waals surface area contributed by atoms with Gasteiger partial charge in [0.25, 0.3) is 0 Å². The SMILES string of the molecule is CC1CC(CN)(N(C)CCCN(C)C)CCO1. The van der Waals surface area contributed by atoms with Crippen molar-refractivity contribution in [2.24, 2.45) is 5.73 Å². The third-order valence-corrected chi connectivity index (χ3v) is 3.93. The van der Waals surface area contributed by atoms with Crippen LogP contribution in [0.4, 0.5) is 0 Å². The summed E-state index contributed by atoms with van der Waals surface area (Å²) in [7, 11) is 6.45. The van der Waals surface area contributed by atoms with Gasteiger partial charge in [0, 0.05) is 18.7 Å². The molecule has 2 unspecified atom stereocenters. The average Bonchev–Trinajstić information content (AvgIpc) is 2.28. The summed E-state index contributed by atoms with van der Waals surface area (Å²) >= 11 is 0. The highest BCUT2D eigenvalue weighted by Crippen LogP contribution is 2.29. The lowest BCUT2D eigenvalue weighted by Gasteiger charge is -2.46. The van der Waals surface area contributed by atoms with Crippen molar-refractivity contribution in [3.8, 4) is 0 Å². The molecule has 0 aromatic carbocycles. The molecule has 0 aliphatic carbocycles. The lowest BCUT2D eigenvalue weighted by atomic mass is 9.85. The van der Waals surface area contributed by atoms with Crippen LogP contribution < -0.4 is 5.73 Å². The van der Waals surface area contributed by atoms with Crippen LogP contribution in [-0.4, -0.2) is 68.8 Å². The molecule has 1 fully saturated rings. The van der Waals surface area contributed by atoms with Crippen molar-refractivity contribution < 1.29 is 4.74 Å². The molecular formula is C13H29N3O. The molecule has 2 atom stereocenters. The third-order valence-electron chi connectivity index (χ3n) is 3.93. The molecule has 102 valence electrons. The van der Waals surface area contributed by atoms with E-state index in [9.17, 15) is 0 Å². The topological polar surface area (TPSA) is 41.7 Å². The Morgan fingerprint density at radius 3 is 2.53 bits per heavy atom. The van der Waals surface area contributed by atoms with Crippen molar-refractivity contribution >= 4 is 0 Å². The molecule has 0 spiro atoms. The summed E-state index contributed by atoms with van der Waals surface area (Å²) in [4.78, 5) is 4.69. The molecule has 4 heteroatoms. The summed E-state index contributed by atoms with van der Waals surface area (Å²) in [6, 6.07) is 0. The van der Waals surface area contributed by atoms with Crippen LogP contribution in [0, 0.1) is 0 Å². The first kappa shape index (κ1) is 14.9. The van der Waals surface area contributed by atoms with E-state index in [0.29, 0.717) is 6.10 Å². The molecule has 0 aromatic rings. The van der Waals surface area contributed by atoms with Crippen LogP contribution >= 0.6 is 0 Å². The summed E-state index contributed by atoms with van der Waals surface area (Å²) in [6.07, 6.45) is 3.65. The van der Waals surface area contributed by atoms with Gasteiger partial charge in [-0.25, -0.2) is 0 Å². The van der Waals surface area contributed by atoms with Gasteiger partial charge in [-0.1, -0.05) is 0 Å². The van der Waals surface area contributed by atoms with Gasteiger partial charge in [0.15, 0.2) is 0 Å². The van der Waals surface area contributed by atoms with E-state index in [1.54, 1.807) is 0 Å². The zero-order chi connectivity index (χ0) is 12.9. The molecule has 4 nitrogen and oxygen atoms in total. The maximum absolute atomic E-state index is 6.03. The quantitative estimate of drug-likeness (QED) is 0.748. The Morgan fingerprint density at radius 2 is 2.00 bits per heavy atom. The normalized spacial score (nSPS) is 30.2. The Balaban J connectivity index is 2.47. The van der Waals surface area contributed by atoms with Gasteiger partial charge in [-0.15, -0.1) is 0 Å². The van der Waals surface area contributed by atoms with Crippen LogP contribution in [0.1, 0.15) is 26.2 Å². The van der Waals surface area contributed by atoms with Crippen molar-refractivity contribution in [1.82, 2.24) is 9.80 Å². The van der Waals surface area contributed by atoms with Gasteiger partial charge in [0.1, 0.15) is 0 Å². The molecular weight excluding hydrogens is 214 g/mol. The van der Waals surface area contributed by atoms with Gasteiger partial charge < -0.3 is 15.4 Å². The van der Waals surface area contributed by atoms with E-state index in [4.69, 9.17) is 10.5 Å². The van der Waals surface area contributed by atoms with Crippen molar-refractivity contribution in [1.29, 1.82) is 0 Å². The largest absolute Gasteiger partial charge is 0.378 e. The molecule has 17 heavy (non-hydrogen) atoms. The molecule has 1 heterocycles. The fourth-order valence-corrected chi connectivity index (χ4v) is 2.70. The number of nitrogens with zero attached hydrogens (tertiary/aromatic N) is 2. The molecule has 0 aromatic heterocycles. The predicted octanol–water partition coefficient (Wildman–Crippen LogP) is 0.766. The maximum Gasteiger partial charge on any atom is 0.0565 e. The Morgan fingerprint density at radius 1 is 1.29 bits per heavy atom. The number of hydrogen-bond acceptors (Lipinski definition) is 4. The first-order valence-electron chi connectivity index (χ1n) is 6.68. The van der Waals surface area contributed by atoms with Gasteiger partial charge in [-0.2, -0.15) is 0 Å². The highest BCUT2D eigenvalue weighted by molar-refractivity contribution is 4.94. The molecule has 2 N–H and O–H groups in total. The summed E-state index contributed by atoms with van der Waals surface area (Å²) in [6.45, 7) is 5.98. The minimum Gasteiger partial charge on any atom is -0.378 e. The second-order valence-electron chi connectivity index (χ2n) is 5.64. The van der Waals surface area contributed by atoms with E-state index in [2.05, 4.69) is 37.9 Å². The monoisotopic (exact) mass is 243 g/mol. The van der Waals surface area contributed by atoms with E-state index in [1.807, 2.05) is 0 Å². The molecule has 0 saturated carbocycles. The maximum atomic E-state index is 6.03. The van der Waals surface area contributed by atoms with E-state index in [-0.39, 0.29) is 5.54 Å². The molecule has 1 aliphatic heterocycles. The average molecular weight is 243 g/mol. The van der Waals surface area contributed by atoms with Crippen LogP contribution in [0.5, 0.6) is 0 Å². The molecule has 1 rings (SSSR count). The van der Waals surface area contributed by atoms with Crippen LogP contribution in [0.2, 0.25) is 0 Å². The second-order valence-corrected chi connectivity index (χ2v) is 5.64. The smallest absolute Gasteiger partial charge is 0.0565 e. The number of ether oxygens (including phenoxy) is 1. The highest BCUT2D eigenvalue weighted by atomic mass is 16.5. The minimum absolute atomic E-state index is 0.157. The zero-order valence-electron chi connectivity index (χ0n) is 11.9. The van der Waals surface area contributed by atoms with E-state index in [1.165, 1.54) is 6.42 Å². The lowest BCUT2D eigenvalue weighted by Crippen LogP contribution is -2.57.